The van der Waals surface area contributed by atoms with Crippen LogP contribution in [0.2, 0.25) is 0 Å². The minimum absolute atomic E-state index is 0.0256. The summed E-state index contributed by atoms with van der Waals surface area (Å²) >= 11 is 0. The molecule has 194 valence electrons. The van der Waals surface area contributed by atoms with Gasteiger partial charge in [0, 0.05) is 11.6 Å². The molecule has 37 heavy (non-hydrogen) atoms. The fourth-order valence-electron chi connectivity index (χ4n) is 8.45. The van der Waals surface area contributed by atoms with Crippen molar-refractivity contribution in [2.45, 2.75) is 88.8 Å². The van der Waals surface area contributed by atoms with Gasteiger partial charge in [0.25, 0.3) is 5.91 Å². The molecule has 4 saturated carbocycles. The molecule has 1 aliphatic heterocycles. The Morgan fingerprint density at radius 2 is 1.73 bits per heavy atom. The second-order valence-electron chi connectivity index (χ2n) is 12.1. The normalized spacial score (nSPS) is 31.5. The predicted molar refractivity (Wildman–Crippen MR) is 146 cm³/mol. The number of ether oxygens (including phenoxy) is 2. The third-order valence-corrected chi connectivity index (χ3v) is 9.56. The molecule has 2 aromatic rings. The monoisotopic (exact) mass is 497 g/mol. The van der Waals surface area contributed by atoms with Gasteiger partial charge in [-0.25, -0.2) is 0 Å². The lowest BCUT2D eigenvalue weighted by molar-refractivity contribution is -0.130. The molecule has 4 aliphatic carbocycles. The highest BCUT2D eigenvalue weighted by atomic mass is 16.5. The summed E-state index contributed by atoms with van der Waals surface area (Å²) < 4.78 is 12.6. The molecule has 0 aromatic heterocycles. The van der Waals surface area contributed by atoms with Gasteiger partial charge >= 0.3 is 0 Å². The second kappa shape index (κ2) is 9.75. The van der Waals surface area contributed by atoms with E-state index in [0.29, 0.717) is 0 Å². The molecular formula is C33H39NO3. The Morgan fingerprint density at radius 1 is 1.05 bits per heavy atom. The molecule has 4 nitrogen and oxygen atoms in total. The highest BCUT2D eigenvalue weighted by Crippen LogP contribution is 2.57. The first-order chi connectivity index (χ1) is 18.0. The van der Waals surface area contributed by atoms with Gasteiger partial charge in [0.2, 0.25) is 0 Å². The molecule has 0 saturated heterocycles. The van der Waals surface area contributed by atoms with E-state index in [0.717, 1.165) is 66.1 Å². The highest BCUT2D eigenvalue weighted by molar-refractivity contribution is 5.94. The number of carbonyl (C=O) groups is 1. The zero-order chi connectivity index (χ0) is 25.6. The SMILES string of the molecule is C#CC(=O)N1C(c2ccc(OC34CC5CC(CC(C5)C3)C4)cc2)c2cccc(OC)c2C[C@@H]1CCCC. The number of methoxy groups -OCH3 is 1. The molecule has 7 rings (SSSR count). The number of unbranched alkanes of at least 4 members (excludes halogenated alkanes) is 1. The number of hydrogen-bond acceptors (Lipinski definition) is 3. The van der Waals surface area contributed by atoms with Crippen molar-refractivity contribution in [3.05, 3.63) is 59.2 Å². The minimum Gasteiger partial charge on any atom is -0.496 e. The van der Waals surface area contributed by atoms with Crippen LogP contribution in [0.1, 0.15) is 87.4 Å². The standard InChI is InChI=1S/C33H39NO3/c1-4-6-8-26-18-29-28(9-7-10-30(29)36-3)32(34(26)31(35)5-2)25-11-13-27(14-12-25)37-33-19-22-15-23(20-33)17-24(16-22)21-33/h2,7,9-14,22-24,26,32H,4,6,8,15-21H2,1,3H3/t22?,23?,24?,26-,32?,33?/m0/s1. The van der Waals surface area contributed by atoms with Gasteiger partial charge in [-0.05, 0) is 104 Å². The van der Waals surface area contributed by atoms with Gasteiger partial charge in [-0.2, -0.15) is 0 Å². The number of amides is 1. The van der Waals surface area contributed by atoms with E-state index in [1.807, 2.05) is 17.0 Å². The van der Waals surface area contributed by atoms with E-state index in [2.05, 4.69) is 43.2 Å². The molecule has 0 spiro atoms. The summed E-state index contributed by atoms with van der Waals surface area (Å²) in [5.74, 6) is 6.57. The van der Waals surface area contributed by atoms with Crippen LogP contribution in [0.3, 0.4) is 0 Å². The summed E-state index contributed by atoms with van der Waals surface area (Å²) in [4.78, 5) is 15.2. The van der Waals surface area contributed by atoms with Crippen molar-refractivity contribution in [2.75, 3.05) is 7.11 Å². The summed E-state index contributed by atoms with van der Waals surface area (Å²) in [6, 6.07) is 14.5. The summed E-state index contributed by atoms with van der Waals surface area (Å²) in [6.07, 6.45) is 17.4. The van der Waals surface area contributed by atoms with Gasteiger partial charge in [-0.3, -0.25) is 4.79 Å². The van der Waals surface area contributed by atoms with Crippen LogP contribution >= 0.6 is 0 Å². The Labute approximate surface area is 221 Å². The van der Waals surface area contributed by atoms with Crippen LogP contribution in [0.4, 0.5) is 0 Å². The molecule has 2 atom stereocenters. The summed E-state index contributed by atoms with van der Waals surface area (Å²) in [7, 11) is 1.72. The fourth-order valence-corrected chi connectivity index (χ4v) is 8.45. The first-order valence-corrected chi connectivity index (χ1v) is 14.3. The number of rotatable bonds is 7. The number of fused-ring (bicyclic) bond motifs is 1. The van der Waals surface area contributed by atoms with Gasteiger partial charge in [0.15, 0.2) is 0 Å². The van der Waals surface area contributed by atoms with E-state index in [1.54, 1.807) is 7.11 Å². The smallest absolute Gasteiger partial charge is 0.299 e. The molecule has 2 aromatic carbocycles. The van der Waals surface area contributed by atoms with Crippen molar-refractivity contribution in [1.29, 1.82) is 0 Å². The molecule has 4 fully saturated rings. The van der Waals surface area contributed by atoms with Crippen LogP contribution in [0.15, 0.2) is 42.5 Å². The predicted octanol–water partition coefficient (Wildman–Crippen LogP) is 6.71. The van der Waals surface area contributed by atoms with E-state index in [-0.39, 0.29) is 23.6 Å². The zero-order valence-electron chi connectivity index (χ0n) is 22.2. The highest BCUT2D eigenvalue weighted by Gasteiger charge is 2.52. The molecule has 1 amide bonds. The number of benzene rings is 2. The molecule has 1 heterocycles. The first kappa shape index (κ1) is 24.4. The van der Waals surface area contributed by atoms with Crippen molar-refractivity contribution in [1.82, 2.24) is 4.90 Å². The Kier molecular flexibility index (Phi) is 6.43. The quantitative estimate of drug-likeness (QED) is 0.399. The van der Waals surface area contributed by atoms with Crippen molar-refractivity contribution < 1.29 is 14.3 Å². The average Bonchev–Trinajstić information content (AvgIpc) is 2.89. The van der Waals surface area contributed by atoms with E-state index in [9.17, 15) is 4.79 Å². The second-order valence-corrected chi connectivity index (χ2v) is 12.1. The van der Waals surface area contributed by atoms with E-state index in [1.165, 1.54) is 44.1 Å². The van der Waals surface area contributed by atoms with Gasteiger partial charge in [0.1, 0.15) is 17.1 Å². The first-order valence-electron chi connectivity index (χ1n) is 14.3. The average molecular weight is 498 g/mol. The largest absolute Gasteiger partial charge is 0.496 e. The van der Waals surface area contributed by atoms with Crippen molar-refractivity contribution in [3.8, 4) is 23.8 Å². The van der Waals surface area contributed by atoms with E-state index >= 15 is 0 Å². The Bertz CT molecular complexity index is 1160. The zero-order valence-corrected chi connectivity index (χ0v) is 22.2. The van der Waals surface area contributed by atoms with Crippen LogP contribution in [0, 0.1) is 30.1 Å². The van der Waals surface area contributed by atoms with Crippen molar-refractivity contribution >= 4 is 5.91 Å². The van der Waals surface area contributed by atoms with Crippen LogP contribution in [0.5, 0.6) is 11.5 Å². The third kappa shape index (κ3) is 4.41. The topological polar surface area (TPSA) is 38.8 Å². The lowest BCUT2D eigenvalue weighted by Crippen LogP contribution is -2.53. The molecule has 1 unspecified atom stereocenters. The Balaban J connectivity index is 1.33. The Morgan fingerprint density at radius 3 is 2.32 bits per heavy atom. The van der Waals surface area contributed by atoms with Gasteiger partial charge in [-0.1, -0.05) is 44.0 Å². The minimum atomic E-state index is -0.242. The number of hydrogen-bond donors (Lipinski definition) is 0. The maximum absolute atomic E-state index is 13.2. The molecule has 5 aliphatic rings. The Hall–Kier alpha value is -2.93. The molecular weight excluding hydrogens is 458 g/mol. The summed E-state index contributed by atoms with van der Waals surface area (Å²) in [6.45, 7) is 2.19. The van der Waals surface area contributed by atoms with Crippen LogP contribution in [-0.4, -0.2) is 29.6 Å². The molecule has 0 N–H and O–H groups in total. The van der Waals surface area contributed by atoms with Crippen LogP contribution < -0.4 is 9.47 Å². The van der Waals surface area contributed by atoms with Crippen molar-refractivity contribution in [3.63, 3.8) is 0 Å². The van der Waals surface area contributed by atoms with Gasteiger partial charge in [-0.15, -0.1) is 6.42 Å². The van der Waals surface area contributed by atoms with E-state index in [4.69, 9.17) is 15.9 Å². The van der Waals surface area contributed by atoms with E-state index < -0.39 is 0 Å². The molecule has 4 bridgehead atoms. The summed E-state index contributed by atoms with van der Waals surface area (Å²) in [5.41, 5.74) is 3.38. The van der Waals surface area contributed by atoms with Crippen LogP contribution in [-0.2, 0) is 11.2 Å². The maximum atomic E-state index is 13.2. The number of carbonyl (C=O) groups excluding carboxylic acids is 1. The summed E-state index contributed by atoms with van der Waals surface area (Å²) in [5, 5.41) is 0. The van der Waals surface area contributed by atoms with Crippen molar-refractivity contribution in [2.24, 2.45) is 17.8 Å². The van der Waals surface area contributed by atoms with Gasteiger partial charge in [0.05, 0.1) is 13.2 Å². The van der Waals surface area contributed by atoms with Gasteiger partial charge < -0.3 is 14.4 Å². The number of terminal acetylenes is 1. The number of nitrogens with zero attached hydrogens (tertiary/aromatic N) is 1. The molecule has 4 heteroatoms. The molecule has 0 radical (unpaired) electrons. The lowest BCUT2D eigenvalue weighted by atomic mass is 9.54. The lowest BCUT2D eigenvalue weighted by Gasteiger charge is -2.56. The maximum Gasteiger partial charge on any atom is 0.299 e. The third-order valence-electron chi connectivity index (χ3n) is 9.56. The van der Waals surface area contributed by atoms with Crippen LogP contribution in [0.25, 0.3) is 0 Å². The fraction of sp³-hybridized carbons (Fsp3) is 0.545.